The van der Waals surface area contributed by atoms with Gasteiger partial charge in [-0.15, -0.1) is 0 Å². The third kappa shape index (κ3) is 4.69. The molecule has 0 aromatic carbocycles. The van der Waals surface area contributed by atoms with E-state index in [4.69, 9.17) is 4.74 Å². The maximum absolute atomic E-state index is 12.4. The Labute approximate surface area is 134 Å². The number of piperidine rings is 1. The summed E-state index contributed by atoms with van der Waals surface area (Å²) >= 11 is 0. The molecular formula is C16H29NO4S. The first-order valence-electron chi connectivity index (χ1n) is 8.61. The van der Waals surface area contributed by atoms with Crippen LogP contribution >= 0.6 is 0 Å². The molecule has 1 aliphatic carbocycles. The van der Waals surface area contributed by atoms with E-state index in [-0.39, 0.29) is 18.1 Å². The van der Waals surface area contributed by atoms with Gasteiger partial charge in [0.2, 0.25) is 10.0 Å². The van der Waals surface area contributed by atoms with Gasteiger partial charge in [-0.25, -0.2) is 12.7 Å². The fourth-order valence-corrected chi connectivity index (χ4v) is 5.31. The van der Waals surface area contributed by atoms with E-state index in [0.29, 0.717) is 31.5 Å². The topological polar surface area (TPSA) is 63.7 Å². The molecule has 1 heterocycles. The molecule has 2 fully saturated rings. The van der Waals surface area contributed by atoms with Gasteiger partial charge < -0.3 is 4.74 Å². The second kappa shape index (κ2) is 7.77. The van der Waals surface area contributed by atoms with Crippen LogP contribution in [0.2, 0.25) is 0 Å². The van der Waals surface area contributed by atoms with Crippen molar-refractivity contribution >= 4 is 16.0 Å². The number of carbonyl (C=O) groups is 1. The summed E-state index contributed by atoms with van der Waals surface area (Å²) in [6.07, 6.45) is 9.01. The lowest BCUT2D eigenvalue weighted by Gasteiger charge is -2.43. The second-order valence-electron chi connectivity index (χ2n) is 6.68. The van der Waals surface area contributed by atoms with Crippen molar-refractivity contribution in [3.05, 3.63) is 0 Å². The van der Waals surface area contributed by atoms with Gasteiger partial charge in [-0.1, -0.05) is 19.3 Å². The number of ether oxygens (including phenoxy) is 1. The van der Waals surface area contributed by atoms with Crippen molar-refractivity contribution in [2.75, 3.05) is 25.4 Å². The number of esters is 1. The normalized spacial score (nSPS) is 22.6. The summed E-state index contributed by atoms with van der Waals surface area (Å²) in [5.74, 6) is -0.253. The molecule has 1 saturated carbocycles. The van der Waals surface area contributed by atoms with Gasteiger partial charge in [0, 0.05) is 19.5 Å². The van der Waals surface area contributed by atoms with Crippen LogP contribution in [-0.2, 0) is 19.6 Å². The summed E-state index contributed by atoms with van der Waals surface area (Å²) in [7, 11) is -3.22. The maximum atomic E-state index is 12.4. The Bertz CT molecular complexity index is 459. The Balaban J connectivity index is 1.78. The van der Waals surface area contributed by atoms with E-state index in [2.05, 4.69) is 0 Å². The van der Waals surface area contributed by atoms with Gasteiger partial charge in [0.15, 0.2) is 0 Å². The number of hydrogen-bond acceptors (Lipinski definition) is 4. The highest BCUT2D eigenvalue weighted by atomic mass is 32.2. The zero-order valence-electron chi connectivity index (χ0n) is 13.7. The van der Waals surface area contributed by atoms with E-state index in [1.54, 1.807) is 11.2 Å². The summed E-state index contributed by atoms with van der Waals surface area (Å²) in [4.78, 5) is 11.3. The van der Waals surface area contributed by atoms with Crippen molar-refractivity contribution in [2.45, 2.75) is 64.7 Å². The predicted octanol–water partition coefficient (Wildman–Crippen LogP) is 2.71. The van der Waals surface area contributed by atoms with E-state index in [1.807, 2.05) is 0 Å². The van der Waals surface area contributed by atoms with Gasteiger partial charge in [-0.2, -0.15) is 0 Å². The Hall–Kier alpha value is -0.620. The van der Waals surface area contributed by atoms with Gasteiger partial charge in [-0.05, 0) is 44.4 Å². The minimum atomic E-state index is -3.22. The molecule has 1 spiro atoms. The maximum Gasteiger partial charge on any atom is 0.305 e. The van der Waals surface area contributed by atoms with Crippen molar-refractivity contribution in [2.24, 2.45) is 5.41 Å². The summed E-state index contributed by atoms with van der Waals surface area (Å²) in [5, 5.41) is 0. The number of carbonyl (C=O) groups excluding carboxylic acids is 1. The highest BCUT2D eigenvalue weighted by Crippen LogP contribution is 2.44. The number of rotatable bonds is 6. The summed E-state index contributed by atoms with van der Waals surface area (Å²) in [5.41, 5.74) is 0.412. The van der Waals surface area contributed by atoms with Crippen molar-refractivity contribution in [1.29, 1.82) is 0 Å². The molecule has 0 aromatic heterocycles. The molecule has 2 aliphatic rings. The molecule has 1 saturated heterocycles. The molecule has 0 amide bonds. The van der Waals surface area contributed by atoms with Crippen molar-refractivity contribution in [3.63, 3.8) is 0 Å². The van der Waals surface area contributed by atoms with Gasteiger partial charge in [-0.3, -0.25) is 4.79 Å². The zero-order chi connectivity index (χ0) is 16.1. The van der Waals surface area contributed by atoms with Crippen molar-refractivity contribution in [1.82, 2.24) is 4.31 Å². The fraction of sp³-hybridized carbons (Fsp3) is 0.938. The molecule has 0 bridgehead atoms. The number of sulfonamides is 1. The van der Waals surface area contributed by atoms with E-state index < -0.39 is 10.0 Å². The van der Waals surface area contributed by atoms with Gasteiger partial charge in [0.05, 0.1) is 12.4 Å². The lowest BCUT2D eigenvalue weighted by molar-refractivity contribution is -0.143. The molecule has 0 atom stereocenters. The predicted molar refractivity (Wildman–Crippen MR) is 86.0 cm³/mol. The summed E-state index contributed by atoms with van der Waals surface area (Å²) < 4.78 is 31.2. The standard InChI is InChI=1S/C16H29NO4S/c1-2-21-15(18)7-6-14-22(19,20)17-12-10-16(11-13-17)8-4-3-5-9-16/h2-14H2,1H3. The largest absolute Gasteiger partial charge is 0.466 e. The molecule has 128 valence electrons. The van der Waals surface area contributed by atoms with Gasteiger partial charge in [0.1, 0.15) is 0 Å². The lowest BCUT2D eigenvalue weighted by atomic mass is 9.68. The van der Waals surface area contributed by atoms with E-state index in [0.717, 1.165) is 12.8 Å². The fourth-order valence-electron chi connectivity index (χ4n) is 3.80. The monoisotopic (exact) mass is 331 g/mol. The van der Waals surface area contributed by atoms with Crippen molar-refractivity contribution < 1.29 is 17.9 Å². The number of nitrogens with zero attached hydrogens (tertiary/aromatic N) is 1. The minimum absolute atomic E-state index is 0.0544. The highest BCUT2D eigenvalue weighted by Gasteiger charge is 2.38. The molecule has 0 unspecified atom stereocenters. The first kappa shape index (κ1) is 17.7. The Morgan fingerprint density at radius 2 is 1.73 bits per heavy atom. The first-order chi connectivity index (χ1) is 10.5. The lowest BCUT2D eigenvalue weighted by Crippen LogP contribution is -2.44. The van der Waals surface area contributed by atoms with Crippen LogP contribution in [0, 0.1) is 5.41 Å². The van der Waals surface area contributed by atoms with Crippen LogP contribution in [0.3, 0.4) is 0 Å². The van der Waals surface area contributed by atoms with Crippen LogP contribution in [0.4, 0.5) is 0 Å². The molecule has 5 nitrogen and oxygen atoms in total. The Kier molecular flexibility index (Phi) is 6.26. The quantitative estimate of drug-likeness (QED) is 0.702. The molecule has 2 rings (SSSR count). The van der Waals surface area contributed by atoms with Crippen LogP contribution in [0.5, 0.6) is 0 Å². The average Bonchev–Trinajstić information content (AvgIpc) is 2.48. The molecule has 0 aromatic rings. The molecule has 0 radical (unpaired) electrons. The molecule has 0 N–H and O–H groups in total. The zero-order valence-corrected chi connectivity index (χ0v) is 14.5. The van der Waals surface area contributed by atoms with Crippen LogP contribution < -0.4 is 0 Å². The molecule has 6 heteroatoms. The van der Waals surface area contributed by atoms with Gasteiger partial charge in [0.25, 0.3) is 0 Å². The van der Waals surface area contributed by atoms with Crippen molar-refractivity contribution in [3.8, 4) is 0 Å². The summed E-state index contributed by atoms with van der Waals surface area (Å²) in [6.45, 7) is 3.41. The Morgan fingerprint density at radius 1 is 1.09 bits per heavy atom. The van der Waals surface area contributed by atoms with Crippen LogP contribution in [-0.4, -0.2) is 44.1 Å². The van der Waals surface area contributed by atoms with E-state index in [1.165, 1.54) is 32.1 Å². The van der Waals surface area contributed by atoms with E-state index >= 15 is 0 Å². The van der Waals surface area contributed by atoms with Gasteiger partial charge >= 0.3 is 5.97 Å². The van der Waals surface area contributed by atoms with E-state index in [9.17, 15) is 13.2 Å². The average molecular weight is 331 g/mol. The third-order valence-electron chi connectivity index (χ3n) is 5.18. The minimum Gasteiger partial charge on any atom is -0.466 e. The Morgan fingerprint density at radius 3 is 2.32 bits per heavy atom. The highest BCUT2D eigenvalue weighted by molar-refractivity contribution is 7.89. The molecule has 1 aliphatic heterocycles. The summed E-state index contributed by atoms with van der Waals surface area (Å²) in [6, 6.07) is 0. The number of hydrogen-bond donors (Lipinski definition) is 0. The molecule has 22 heavy (non-hydrogen) atoms. The van der Waals surface area contributed by atoms with Crippen LogP contribution in [0.25, 0.3) is 0 Å². The van der Waals surface area contributed by atoms with Crippen LogP contribution in [0.15, 0.2) is 0 Å². The van der Waals surface area contributed by atoms with Crippen LogP contribution in [0.1, 0.15) is 64.7 Å². The third-order valence-corrected chi connectivity index (χ3v) is 7.14. The molecular weight excluding hydrogens is 302 g/mol. The second-order valence-corrected chi connectivity index (χ2v) is 8.77. The first-order valence-corrected chi connectivity index (χ1v) is 10.2. The smallest absolute Gasteiger partial charge is 0.305 e. The SMILES string of the molecule is CCOC(=O)CCCS(=O)(=O)N1CCC2(CCCCC2)CC1.